The van der Waals surface area contributed by atoms with Gasteiger partial charge in [-0.1, -0.05) is 19.1 Å². The molecular formula is C34H37F2N5O2. The van der Waals surface area contributed by atoms with E-state index in [2.05, 4.69) is 15.1 Å². The Labute approximate surface area is 249 Å². The van der Waals surface area contributed by atoms with Crippen LogP contribution in [0.15, 0.2) is 42.5 Å². The third kappa shape index (κ3) is 4.59. The summed E-state index contributed by atoms with van der Waals surface area (Å²) in [6, 6.07) is 13.8. The van der Waals surface area contributed by atoms with Crippen molar-refractivity contribution in [2.24, 2.45) is 0 Å². The molecular weight excluding hydrogens is 548 g/mol. The number of aromatic hydroxyl groups is 1. The van der Waals surface area contributed by atoms with E-state index in [1.54, 1.807) is 18.2 Å². The second-order valence-electron chi connectivity index (χ2n) is 12.9. The first-order valence-electron chi connectivity index (χ1n) is 15.7. The Bertz CT molecular complexity index is 1720. The third-order valence-corrected chi connectivity index (χ3v) is 10.2. The number of hydrogen-bond acceptors (Lipinski definition) is 7. The van der Waals surface area contributed by atoms with Gasteiger partial charge in [0.25, 0.3) is 0 Å². The molecule has 0 amide bonds. The van der Waals surface area contributed by atoms with E-state index in [4.69, 9.17) is 14.7 Å². The molecule has 2 bridgehead atoms. The number of aromatic nitrogens is 2. The Hall–Kier alpha value is -3.56. The van der Waals surface area contributed by atoms with Crippen molar-refractivity contribution in [2.75, 3.05) is 37.7 Å². The van der Waals surface area contributed by atoms with E-state index in [0.29, 0.717) is 49.7 Å². The van der Waals surface area contributed by atoms with Crippen molar-refractivity contribution in [2.45, 2.75) is 69.2 Å². The predicted octanol–water partition coefficient (Wildman–Crippen LogP) is 5.75. The number of alkyl halides is 1. The first-order valence-corrected chi connectivity index (χ1v) is 15.7. The van der Waals surface area contributed by atoms with Gasteiger partial charge in [0.05, 0.1) is 11.1 Å². The van der Waals surface area contributed by atoms with Crippen LogP contribution in [0.5, 0.6) is 11.8 Å². The minimum atomic E-state index is -0.828. The lowest BCUT2D eigenvalue weighted by Gasteiger charge is -2.34. The Morgan fingerprint density at radius 2 is 1.91 bits per heavy atom. The Balaban J connectivity index is 1.24. The monoisotopic (exact) mass is 585 g/mol. The first-order chi connectivity index (χ1) is 20.9. The number of nitrogens with one attached hydrogen (secondary N) is 1. The molecule has 4 aliphatic heterocycles. The van der Waals surface area contributed by atoms with Gasteiger partial charge in [-0.2, -0.15) is 9.97 Å². The molecule has 4 fully saturated rings. The fourth-order valence-corrected chi connectivity index (χ4v) is 8.26. The molecule has 0 saturated carbocycles. The molecule has 43 heavy (non-hydrogen) atoms. The van der Waals surface area contributed by atoms with E-state index in [9.17, 15) is 13.9 Å². The minimum absolute atomic E-state index is 0.128. The number of hydrogen-bond donors (Lipinski definition) is 2. The number of nitrogens with zero attached hydrogens (tertiary/aromatic N) is 4. The molecule has 5 heterocycles. The summed E-state index contributed by atoms with van der Waals surface area (Å²) in [5, 5.41) is 16.8. The highest BCUT2D eigenvalue weighted by Crippen LogP contribution is 2.42. The van der Waals surface area contributed by atoms with E-state index < -0.39 is 6.17 Å². The molecule has 9 heteroatoms. The number of phenolic OH excluding ortho intramolecular Hbond substituents is 1. The summed E-state index contributed by atoms with van der Waals surface area (Å²) >= 11 is 0. The maximum atomic E-state index is 14.9. The van der Waals surface area contributed by atoms with Crippen LogP contribution in [0.2, 0.25) is 0 Å². The van der Waals surface area contributed by atoms with Gasteiger partial charge in [0, 0.05) is 43.5 Å². The number of aryl methyl sites for hydroxylation is 1. The zero-order valence-corrected chi connectivity index (χ0v) is 24.5. The highest BCUT2D eigenvalue weighted by Gasteiger charge is 2.49. The fourth-order valence-electron chi connectivity index (χ4n) is 8.26. The summed E-state index contributed by atoms with van der Waals surface area (Å²) in [5.41, 5.74) is 2.65. The maximum absolute atomic E-state index is 14.9. The van der Waals surface area contributed by atoms with Crippen molar-refractivity contribution < 1.29 is 18.6 Å². The number of phenols is 1. The zero-order valence-electron chi connectivity index (χ0n) is 24.5. The van der Waals surface area contributed by atoms with Crippen molar-refractivity contribution in [3.8, 4) is 22.9 Å². The number of anilines is 1. The van der Waals surface area contributed by atoms with E-state index in [1.807, 2.05) is 25.1 Å². The predicted molar refractivity (Wildman–Crippen MR) is 164 cm³/mol. The molecule has 224 valence electrons. The van der Waals surface area contributed by atoms with Crippen LogP contribution in [0.1, 0.15) is 44.6 Å². The lowest BCUT2D eigenvalue weighted by molar-refractivity contribution is 0.107. The van der Waals surface area contributed by atoms with Crippen molar-refractivity contribution in [3.63, 3.8) is 0 Å². The normalized spacial score (nSPS) is 27.0. The SMILES string of the molecule is CCc1c(F)ccc2cc(O)cc(-c3ccc4c(N5C[C@H]6CC[C@@H](C5)N6)nc(OC[C@@]56CCCN5C[C@H](F)C6)nc4c3)c12. The van der Waals surface area contributed by atoms with Gasteiger partial charge in [-0.05, 0) is 96.4 Å². The molecule has 0 unspecified atom stereocenters. The summed E-state index contributed by atoms with van der Waals surface area (Å²) in [5.74, 6) is 0.726. The molecule has 3 aromatic carbocycles. The molecule has 0 aliphatic carbocycles. The van der Waals surface area contributed by atoms with Crippen LogP contribution in [0.3, 0.4) is 0 Å². The average Bonchev–Trinajstić information content (AvgIpc) is 3.65. The highest BCUT2D eigenvalue weighted by molar-refractivity contribution is 6.02. The molecule has 4 atom stereocenters. The van der Waals surface area contributed by atoms with Crippen LogP contribution in [-0.4, -0.2) is 76.6 Å². The van der Waals surface area contributed by atoms with Crippen LogP contribution in [0, 0.1) is 5.82 Å². The molecule has 1 aromatic heterocycles. The number of rotatable bonds is 6. The second-order valence-corrected chi connectivity index (χ2v) is 12.9. The largest absolute Gasteiger partial charge is 0.508 e. The van der Waals surface area contributed by atoms with Gasteiger partial charge in [0.15, 0.2) is 0 Å². The van der Waals surface area contributed by atoms with Crippen LogP contribution >= 0.6 is 0 Å². The quantitative estimate of drug-likeness (QED) is 0.298. The van der Waals surface area contributed by atoms with Crippen LogP contribution < -0.4 is 15.0 Å². The highest BCUT2D eigenvalue weighted by atomic mass is 19.1. The minimum Gasteiger partial charge on any atom is -0.508 e. The maximum Gasteiger partial charge on any atom is 0.319 e. The lowest BCUT2D eigenvalue weighted by atomic mass is 9.92. The molecule has 0 radical (unpaired) electrons. The first kappa shape index (κ1) is 27.0. The Kier molecular flexibility index (Phi) is 6.45. The molecule has 2 N–H and O–H groups in total. The summed E-state index contributed by atoms with van der Waals surface area (Å²) < 4.78 is 35.8. The number of piperazine rings is 1. The van der Waals surface area contributed by atoms with Gasteiger partial charge in [0.1, 0.15) is 30.2 Å². The van der Waals surface area contributed by atoms with E-state index in [1.165, 1.54) is 6.07 Å². The van der Waals surface area contributed by atoms with Crippen molar-refractivity contribution in [3.05, 3.63) is 53.8 Å². The van der Waals surface area contributed by atoms with Crippen LogP contribution in [0.4, 0.5) is 14.6 Å². The van der Waals surface area contributed by atoms with E-state index in [-0.39, 0.29) is 17.1 Å². The lowest BCUT2D eigenvalue weighted by Crippen LogP contribution is -2.51. The summed E-state index contributed by atoms with van der Waals surface area (Å²) in [6.07, 6.45) is 4.46. The molecule has 4 saturated heterocycles. The molecule has 8 rings (SSSR count). The van der Waals surface area contributed by atoms with E-state index >= 15 is 0 Å². The number of fused-ring (bicyclic) bond motifs is 5. The number of ether oxygens (including phenoxy) is 1. The Morgan fingerprint density at radius 1 is 1.07 bits per heavy atom. The van der Waals surface area contributed by atoms with Gasteiger partial charge in [-0.15, -0.1) is 0 Å². The smallest absolute Gasteiger partial charge is 0.319 e. The number of benzene rings is 3. The second kappa shape index (κ2) is 10.3. The molecule has 4 aromatic rings. The third-order valence-electron chi connectivity index (χ3n) is 10.2. The standard InChI is InChI=1S/C34H37F2N5O2/c1-2-26-29(36)9-5-21-12-25(42)14-28(31(21)26)20-4-8-27-30(13-20)38-33(39-32(27)40-17-23-6-7-24(18-40)37-23)43-19-34-10-3-11-41(34)16-22(35)15-34/h4-5,8-9,12-14,22-24,37,42H,2-3,6-7,10-11,15-19H2,1H3/t22-,23-,24+,34+/m1/s1. The molecule has 7 nitrogen and oxygen atoms in total. The van der Waals surface area contributed by atoms with Crippen LogP contribution in [0.25, 0.3) is 32.8 Å². The zero-order chi connectivity index (χ0) is 29.3. The van der Waals surface area contributed by atoms with Gasteiger partial charge >= 0.3 is 6.01 Å². The summed E-state index contributed by atoms with van der Waals surface area (Å²) in [6.45, 7) is 5.40. The fraction of sp³-hybridized carbons (Fsp3) is 0.471. The van der Waals surface area contributed by atoms with Crippen molar-refractivity contribution >= 4 is 27.5 Å². The topological polar surface area (TPSA) is 73.8 Å². The Morgan fingerprint density at radius 3 is 2.72 bits per heavy atom. The van der Waals surface area contributed by atoms with Crippen LogP contribution in [-0.2, 0) is 6.42 Å². The molecule has 4 aliphatic rings. The summed E-state index contributed by atoms with van der Waals surface area (Å²) in [7, 11) is 0. The van der Waals surface area contributed by atoms with Gasteiger partial charge in [0.2, 0.25) is 0 Å². The average molecular weight is 586 g/mol. The molecule has 0 spiro atoms. The van der Waals surface area contributed by atoms with Gasteiger partial charge in [-0.25, -0.2) is 8.78 Å². The van der Waals surface area contributed by atoms with Crippen molar-refractivity contribution in [1.29, 1.82) is 0 Å². The van der Waals surface area contributed by atoms with Gasteiger partial charge in [-0.3, -0.25) is 4.90 Å². The number of halogens is 2. The van der Waals surface area contributed by atoms with Crippen molar-refractivity contribution in [1.82, 2.24) is 20.2 Å². The summed E-state index contributed by atoms with van der Waals surface area (Å²) in [4.78, 5) is 14.5. The van der Waals surface area contributed by atoms with Gasteiger partial charge < -0.3 is 20.1 Å². The van der Waals surface area contributed by atoms with E-state index in [0.717, 1.165) is 83.9 Å².